The smallest absolute Gasteiger partial charge is 0.160 e. The van der Waals surface area contributed by atoms with Crippen LogP contribution in [-0.4, -0.2) is 12.1 Å². The number of hydrogen-bond acceptors (Lipinski definition) is 2. The van der Waals surface area contributed by atoms with Gasteiger partial charge in [-0.1, -0.05) is 26.8 Å². The van der Waals surface area contributed by atoms with E-state index in [1.165, 1.54) is 0 Å². The zero-order valence-corrected chi connectivity index (χ0v) is 8.67. The molecule has 2 nitrogen and oxygen atoms in total. The van der Waals surface area contributed by atoms with Gasteiger partial charge in [-0.3, -0.25) is 4.79 Å². The number of carbonyl (C=O) groups excluding carboxylic acids is 2. The highest BCUT2D eigenvalue weighted by atomic mass is 16.1. The summed E-state index contributed by atoms with van der Waals surface area (Å²) >= 11 is 0. The van der Waals surface area contributed by atoms with Gasteiger partial charge < -0.3 is 4.79 Å². The minimum absolute atomic E-state index is 0.138. The molecule has 0 spiro atoms. The molecule has 0 aromatic heterocycles. The monoisotopic (exact) mass is 182 g/mol. The van der Waals surface area contributed by atoms with Gasteiger partial charge in [-0.15, -0.1) is 0 Å². The Balaban J connectivity index is 3.73. The van der Waals surface area contributed by atoms with Crippen LogP contribution in [0.1, 0.15) is 40.0 Å². The molecule has 0 aliphatic rings. The molecule has 0 aliphatic heterocycles. The standard InChI is InChI=1S/C11H18O2/c1-11(2,3)10(13)8-6-4-5-7-9-12/h6,8-9H,4-5,7H2,1-3H3/b8-6+. The Kier molecular flexibility index (Phi) is 5.28. The Labute approximate surface area is 80.0 Å². The molecule has 0 heterocycles. The van der Waals surface area contributed by atoms with E-state index in [1.54, 1.807) is 6.08 Å². The normalized spacial score (nSPS) is 11.9. The van der Waals surface area contributed by atoms with Crippen LogP contribution < -0.4 is 0 Å². The molecular formula is C11H18O2. The molecule has 0 unspecified atom stereocenters. The van der Waals surface area contributed by atoms with Crippen molar-refractivity contribution in [3.05, 3.63) is 12.2 Å². The summed E-state index contributed by atoms with van der Waals surface area (Å²) in [5.41, 5.74) is -0.291. The van der Waals surface area contributed by atoms with E-state index in [0.717, 1.165) is 19.1 Å². The SMILES string of the molecule is CC(C)(C)C(=O)/C=C/CCCC=O. The van der Waals surface area contributed by atoms with Crippen LogP contribution in [0, 0.1) is 5.41 Å². The van der Waals surface area contributed by atoms with E-state index in [4.69, 9.17) is 0 Å². The molecule has 0 radical (unpaired) electrons. The molecule has 0 saturated heterocycles. The number of aldehydes is 1. The summed E-state index contributed by atoms with van der Waals surface area (Å²) in [6.07, 6.45) is 6.58. The maximum Gasteiger partial charge on any atom is 0.160 e. The molecule has 0 atom stereocenters. The van der Waals surface area contributed by atoms with Crippen LogP contribution in [0.25, 0.3) is 0 Å². The lowest BCUT2D eigenvalue weighted by atomic mass is 9.90. The van der Waals surface area contributed by atoms with Gasteiger partial charge in [0.1, 0.15) is 6.29 Å². The van der Waals surface area contributed by atoms with Crippen molar-refractivity contribution in [2.75, 3.05) is 0 Å². The minimum Gasteiger partial charge on any atom is -0.303 e. The first-order valence-corrected chi connectivity index (χ1v) is 4.63. The maximum atomic E-state index is 11.3. The van der Waals surface area contributed by atoms with E-state index >= 15 is 0 Å². The fourth-order valence-electron chi connectivity index (χ4n) is 0.759. The van der Waals surface area contributed by atoms with E-state index in [2.05, 4.69) is 0 Å². The molecule has 0 amide bonds. The summed E-state index contributed by atoms with van der Waals surface area (Å²) < 4.78 is 0. The van der Waals surface area contributed by atoms with Gasteiger partial charge in [0, 0.05) is 11.8 Å². The lowest BCUT2D eigenvalue weighted by Crippen LogP contribution is -2.17. The molecule has 0 aromatic carbocycles. The zero-order valence-electron chi connectivity index (χ0n) is 8.67. The average Bonchev–Trinajstić information content (AvgIpc) is 2.02. The minimum atomic E-state index is -0.291. The largest absolute Gasteiger partial charge is 0.303 e. The van der Waals surface area contributed by atoms with Crippen LogP contribution in [0.4, 0.5) is 0 Å². The van der Waals surface area contributed by atoms with Gasteiger partial charge in [-0.25, -0.2) is 0 Å². The molecule has 0 fully saturated rings. The van der Waals surface area contributed by atoms with Crippen LogP contribution in [0.5, 0.6) is 0 Å². The Morgan fingerprint density at radius 2 is 1.85 bits per heavy atom. The highest BCUT2D eigenvalue weighted by molar-refractivity contribution is 5.93. The Morgan fingerprint density at radius 3 is 2.31 bits per heavy atom. The summed E-state index contributed by atoms with van der Waals surface area (Å²) in [6.45, 7) is 5.68. The molecule has 74 valence electrons. The Morgan fingerprint density at radius 1 is 1.23 bits per heavy atom. The summed E-state index contributed by atoms with van der Waals surface area (Å²) in [7, 11) is 0. The van der Waals surface area contributed by atoms with Gasteiger partial charge in [-0.05, 0) is 18.9 Å². The molecule has 2 heteroatoms. The van der Waals surface area contributed by atoms with E-state index in [9.17, 15) is 9.59 Å². The first-order chi connectivity index (χ1) is 5.98. The fraction of sp³-hybridized carbons (Fsp3) is 0.636. The highest BCUT2D eigenvalue weighted by Gasteiger charge is 2.17. The molecule has 0 rings (SSSR count). The third-order valence-corrected chi connectivity index (χ3v) is 1.70. The average molecular weight is 182 g/mol. The van der Waals surface area contributed by atoms with Crippen molar-refractivity contribution in [2.45, 2.75) is 40.0 Å². The predicted octanol–water partition coefficient (Wildman–Crippen LogP) is 2.53. The lowest BCUT2D eigenvalue weighted by molar-refractivity contribution is -0.121. The van der Waals surface area contributed by atoms with Crippen LogP contribution in [-0.2, 0) is 9.59 Å². The van der Waals surface area contributed by atoms with E-state index in [0.29, 0.717) is 6.42 Å². The molecule has 0 aromatic rings. The van der Waals surface area contributed by atoms with Gasteiger partial charge in [0.05, 0.1) is 0 Å². The fourth-order valence-corrected chi connectivity index (χ4v) is 0.759. The number of unbranched alkanes of at least 4 members (excludes halogenated alkanes) is 2. The van der Waals surface area contributed by atoms with Crippen molar-refractivity contribution in [1.82, 2.24) is 0 Å². The zero-order chi connectivity index (χ0) is 10.3. The molecule has 0 bridgehead atoms. The second kappa shape index (κ2) is 5.68. The topological polar surface area (TPSA) is 34.1 Å². The molecule has 0 saturated carbocycles. The van der Waals surface area contributed by atoms with E-state index in [1.807, 2.05) is 26.8 Å². The van der Waals surface area contributed by atoms with Crippen molar-refractivity contribution >= 4 is 12.1 Å². The van der Waals surface area contributed by atoms with Crippen LogP contribution >= 0.6 is 0 Å². The number of allylic oxidation sites excluding steroid dienone is 2. The number of hydrogen-bond donors (Lipinski definition) is 0. The first-order valence-electron chi connectivity index (χ1n) is 4.63. The summed E-state index contributed by atoms with van der Waals surface area (Å²) in [5.74, 6) is 0.138. The Bertz CT molecular complexity index is 197. The summed E-state index contributed by atoms with van der Waals surface area (Å²) in [4.78, 5) is 21.3. The number of carbonyl (C=O) groups is 2. The number of ketones is 1. The van der Waals surface area contributed by atoms with Gasteiger partial charge in [0.2, 0.25) is 0 Å². The van der Waals surface area contributed by atoms with Crippen molar-refractivity contribution in [2.24, 2.45) is 5.41 Å². The third-order valence-electron chi connectivity index (χ3n) is 1.70. The third kappa shape index (κ3) is 6.26. The lowest BCUT2D eigenvalue weighted by Gasteiger charge is -2.12. The second-order valence-electron chi connectivity index (χ2n) is 4.11. The van der Waals surface area contributed by atoms with Gasteiger partial charge in [-0.2, -0.15) is 0 Å². The second-order valence-corrected chi connectivity index (χ2v) is 4.11. The first kappa shape index (κ1) is 12.1. The molecule has 0 N–H and O–H groups in total. The van der Waals surface area contributed by atoms with Crippen molar-refractivity contribution in [3.63, 3.8) is 0 Å². The predicted molar refractivity (Wildman–Crippen MR) is 53.5 cm³/mol. The Hall–Kier alpha value is -0.920. The van der Waals surface area contributed by atoms with Crippen LogP contribution in [0.3, 0.4) is 0 Å². The molecule has 13 heavy (non-hydrogen) atoms. The van der Waals surface area contributed by atoms with Gasteiger partial charge in [0.25, 0.3) is 0 Å². The highest BCUT2D eigenvalue weighted by Crippen LogP contribution is 2.15. The summed E-state index contributed by atoms with van der Waals surface area (Å²) in [6, 6.07) is 0. The van der Waals surface area contributed by atoms with Crippen molar-refractivity contribution in [1.29, 1.82) is 0 Å². The van der Waals surface area contributed by atoms with Crippen molar-refractivity contribution in [3.8, 4) is 0 Å². The maximum absolute atomic E-state index is 11.3. The quantitative estimate of drug-likeness (QED) is 0.372. The van der Waals surface area contributed by atoms with Gasteiger partial charge in [0.15, 0.2) is 5.78 Å². The molecular weight excluding hydrogens is 164 g/mol. The van der Waals surface area contributed by atoms with Crippen molar-refractivity contribution < 1.29 is 9.59 Å². The van der Waals surface area contributed by atoms with Gasteiger partial charge >= 0.3 is 0 Å². The summed E-state index contributed by atoms with van der Waals surface area (Å²) in [5, 5.41) is 0. The van der Waals surface area contributed by atoms with E-state index in [-0.39, 0.29) is 11.2 Å². The number of rotatable bonds is 5. The van der Waals surface area contributed by atoms with E-state index < -0.39 is 0 Å². The molecule has 0 aliphatic carbocycles. The van der Waals surface area contributed by atoms with Crippen LogP contribution in [0.15, 0.2) is 12.2 Å². The van der Waals surface area contributed by atoms with Crippen LogP contribution in [0.2, 0.25) is 0 Å².